The van der Waals surface area contributed by atoms with Crippen molar-refractivity contribution in [3.05, 3.63) is 23.8 Å². The molecular weight excluding hydrogens is 272 g/mol. The zero-order valence-electron chi connectivity index (χ0n) is 14.8. The molecule has 2 aliphatic carbocycles. The zero-order valence-corrected chi connectivity index (χ0v) is 14.8. The Morgan fingerprint density at radius 2 is 2.09 bits per heavy atom. The Balaban J connectivity index is 2.01. The minimum absolute atomic E-state index is 0.125. The van der Waals surface area contributed by atoms with Gasteiger partial charge in [-0.25, -0.2) is 0 Å². The van der Waals surface area contributed by atoms with Crippen LogP contribution in [-0.2, 0) is 0 Å². The summed E-state index contributed by atoms with van der Waals surface area (Å²) in [5, 5.41) is 20.7. The van der Waals surface area contributed by atoms with Gasteiger partial charge in [0.1, 0.15) is 0 Å². The summed E-state index contributed by atoms with van der Waals surface area (Å²) in [6, 6.07) is 0. The lowest BCUT2D eigenvalue weighted by molar-refractivity contribution is 0.00804. The molecule has 3 unspecified atom stereocenters. The van der Waals surface area contributed by atoms with E-state index in [-0.39, 0.29) is 11.5 Å². The van der Waals surface area contributed by atoms with Crippen LogP contribution in [0.25, 0.3) is 0 Å². The molecule has 126 valence electrons. The Bertz CT molecular complexity index is 433. The minimum Gasteiger partial charge on any atom is -0.393 e. The smallest absolute Gasteiger partial charge is 0.0822 e. The van der Waals surface area contributed by atoms with Gasteiger partial charge in [0.2, 0.25) is 0 Å². The first-order valence-electron chi connectivity index (χ1n) is 9.15. The Morgan fingerprint density at radius 1 is 1.41 bits per heavy atom. The van der Waals surface area contributed by atoms with Crippen molar-refractivity contribution in [1.82, 2.24) is 0 Å². The quantitative estimate of drug-likeness (QED) is 0.703. The monoisotopic (exact) mass is 306 g/mol. The second-order valence-electron chi connectivity index (χ2n) is 7.73. The van der Waals surface area contributed by atoms with E-state index in [2.05, 4.69) is 26.0 Å². The van der Waals surface area contributed by atoms with Crippen LogP contribution in [0.4, 0.5) is 0 Å². The number of aliphatic hydroxyl groups is 2. The molecule has 0 radical (unpaired) electrons. The van der Waals surface area contributed by atoms with E-state index in [1.807, 2.05) is 19.9 Å². The Morgan fingerprint density at radius 3 is 2.73 bits per heavy atom. The van der Waals surface area contributed by atoms with Gasteiger partial charge >= 0.3 is 0 Å². The van der Waals surface area contributed by atoms with Crippen LogP contribution in [0.5, 0.6) is 0 Å². The molecule has 1 fully saturated rings. The van der Waals surface area contributed by atoms with Gasteiger partial charge in [0.25, 0.3) is 0 Å². The summed E-state index contributed by atoms with van der Waals surface area (Å²) in [5.41, 5.74) is 1.09. The first kappa shape index (κ1) is 17.7. The topological polar surface area (TPSA) is 40.5 Å². The van der Waals surface area contributed by atoms with Crippen molar-refractivity contribution in [2.45, 2.75) is 84.3 Å². The van der Waals surface area contributed by atoms with E-state index in [1.165, 1.54) is 12.0 Å². The molecule has 2 rings (SSSR count). The van der Waals surface area contributed by atoms with E-state index in [0.717, 1.165) is 38.5 Å². The van der Waals surface area contributed by atoms with E-state index in [0.29, 0.717) is 11.8 Å². The second kappa shape index (κ2) is 6.88. The molecule has 0 aromatic heterocycles. The maximum Gasteiger partial charge on any atom is 0.0822 e. The van der Waals surface area contributed by atoms with Gasteiger partial charge in [0.05, 0.1) is 11.7 Å². The molecule has 1 saturated carbocycles. The fourth-order valence-corrected chi connectivity index (χ4v) is 4.62. The standard InChI is InChI=1S/C20H34O2/c1-5-20(22,6-2)14-7-9-15(3)16-11-12-17-18(21)10-8-13-19(16,17)4/h7,11,14-15,17-18,21-22H,5-6,8-10,12-13H2,1-4H3/b14-7+/t15-,17?,18?,19?/m0/s1. The number of fused-ring (bicyclic) bond motifs is 1. The van der Waals surface area contributed by atoms with Crippen LogP contribution in [0.3, 0.4) is 0 Å². The van der Waals surface area contributed by atoms with Crippen LogP contribution in [0, 0.1) is 17.3 Å². The van der Waals surface area contributed by atoms with E-state index < -0.39 is 5.60 Å². The Hall–Kier alpha value is -0.600. The van der Waals surface area contributed by atoms with E-state index >= 15 is 0 Å². The average molecular weight is 306 g/mol. The molecule has 0 aliphatic heterocycles. The third-order valence-corrected chi connectivity index (χ3v) is 6.40. The molecule has 2 N–H and O–H groups in total. The van der Waals surface area contributed by atoms with Crippen molar-refractivity contribution in [2.75, 3.05) is 0 Å². The van der Waals surface area contributed by atoms with Crippen molar-refractivity contribution in [2.24, 2.45) is 17.3 Å². The number of aliphatic hydroxyl groups excluding tert-OH is 1. The first-order chi connectivity index (χ1) is 10.4. The first-order valence-corrected chi connectivity index (χ1v) is 9.15. The molecule has 4 atom stereocenters. The van der Waals surface area contributed by atoms with Gasteiger partial charge in [-0.1, -0.05) is 51.5 Å². The van der Waals surface area contributed by atoms with Crippen molar-refractivity contribution >= 4 is 0 Å². The zero-order chi connectivity index (χ0) is 16.4. The molecule has 2 aliphatic rings. The summed E-state index contributed by atoms with van der Waals surface area (Å²) in [6.07, 6.45) is 13.3. The summed E-state index contributed by atoms with van der Waals surface area (Å²) in [7, 11) is 0. The molecule has 0 bridgehead atoms. The molecule has 0 aromatic carbocycles. The summed E-state index contributed by atoms with van der Waals surface area (Å²) in [4.78, 5) is 0. The van der Waals surface area contributed by atoms with Crippen LogP contribution in [0.2, 0.25) is 0 Å². The van der Waals surface area contributed by atoms with Gasteiger partial charge in [-0.3, -0.25) is 0 Å². The number of allylic oxidation sites excluding steroid dienone is 3. The molecule has 0 spiro atoms. The highest BCUT2D eigenvalue weighted by molar-refractivity contribution is 5.26. The highest BCUT2D eigenvalue weighted by Crippen LogP contribution is 2.55. The number of hydrogen-bond acceptors (Lipinski definition) is 2. The Kier molecular flexibility index (Phi) is 5.55. The van der Waals surface area contributed by atoms with E-state index in [9.17, 15) is 10.2 Å². The van der Waals surface area contributed by atoms with Crippen molar-refractivity contribution in [1.29, 1.82) is 0 Å². The van der Waals surface area contributed by atoms with Crippen LogP contribution in [0.1, 0.15) is 72.6 Å². The lowest BCUT2D eigenvalue weighted by Crippen LogP contribution is -2.39. The highest BCUT2D eigenvalue weighted by Gasteiger charge is 2.47. The lowest BCUT2D eigenvalue weighted by Gasteiger charge is -2.43. The molecular formula is C20H34O2. The molecule has 0 aromatic rings. The predicted octanol–water partition coefficient (Wildman–Crippen LogP) is 4.62. The largest absolute Gasteiger partial charge is 0.393 e. The lowest BCUT2D eigenvalue weighted by atomic mass is 9.63. The third-order valence-electron chi connectivity index (χ3n) is 6.40. The van der Waals surface area contributed by atoms with Crippen LogP contribution < -0.4 is 0 Å². The maximum atomic E-state index is 10.3. The minimum atomic E-state index is -0.642. The van der Waals surface area contributed by atoms with Crippen molar-refractivity contribution < 1.29 is 10.2 Å². The third kappa shape index (κ3) is 3.33. The van der Waals surface area contributed by atoms with Gasteiger partial charge in [-0.15, -0.1) is 0 Å². The van der Waals surface area contributed by atoms with Gasteiger partial charge in [-0.05, 0) is 62.2 Å². The SMILES string of the molecule is CCC(O)(/C=C/C[C@H](C)C1=CCC2C(O)CCCC12C)CC. The molecule has 0 amide bonds. The van der Waals surface area contributed by atoms with E-state index in [1.54, 1.807) is 0 Å². The molecule has 22 heavy (non-hydrogen) atoms. The molecule has 2 heteroatoms. The maximum absolute atomic E-state index is 10.3. The van der Waals surface area contributed by atoms with E-state index in [4.69, 9.17) is 0 Å². The summed E-state index contributed by atoms with van der Waals surface area (Å²) < 4.78 is 0. The summed E-state index contributed by atoms with van der Waals surface area (Å²) >= 11 is 0. The van der Waals surface area contributed by atoms with Gasteiger partial charge in [-0.2, -0.15) is 0 Å². The van der Waals surface area contributed by atoms with Crippen LogP contribution in [-0.4, -0.2) is 21.9 Å². The fourth-order valence-electron chi connectivity index (χ4n) is 4.62. The summed E-state index contributed by atoms with van der Waals surface area (Å²) in [5.74, 6) is 0.917. The normalized spacial score (nSPS) is 33.8. The number of hydrogen-bond donors (Lipinski definition) is 2. The summed E-state index contributed by atoms with van der Waals surface area (Å²) in [6.45, 7) is 8.72. The van der Waals surface area contributed by atoms with Crippen molar-refractivity contribution in [3.8, 4) is 0 Å². The molecule has 0 saturated heterocycles. The van der Waals surface area contributed by atoms with Crippen LogP contribution in [0.15, 0.2) is 23.8 Å². The molecule has 0 heterocycles. The second-order valence-corrected chi connectivity index (χ2v) is 7.73. The van der Waals surface area contributed by atoms with Crippen LogP contribution >= 0.6 is 0 Å². The number of rotatable bonds is 6. The average Bonchev–Trinajstić information content (AvgIpc) is 2.85. The van der Waals surface area contributed by atoms with Gasteiger partial charge in [0.15, 0.2) is 0 Å². The Labute approximate surface area is 136 Å². The van der Waals surface area contributed by atoms with Crippen molar-refractivity contribution in [3.63, 3.8) is 0 Å². The van der Waals surface area contributed by atoms with Gasteiger partial charge in [0, 0.05) is 0 Å². The predicted molar refractivity (Wildman–Crippen MR) is 92.6 cm³/mol. The fraction of sp³-hybridized carbons (Fsp3) is 0.800. The molecule has 2 nitrogen and oxygen atoms in total. The highest BCUT2D eigenvalue weighted by atomic mass is 16.3. The van der Waals surface area contributed by atoms with Gasteiger partial charge < -0.3 is 10.2 Å².